The summed E-state index contributed by atoms with van der Waals surface area (Å²) in [6.45, 7) is 1.94. The monoisotopic (exact) mass is 562 g/mol. The lowest BCUT2D eigenvalue weighted by atomic mass is 10.1. The molecule has 1 heterocycles. The number of ether oxygens (including phenoxy) is 1. The number of aliphatic imine (C=N–C) groups is 1. The van der Waals surface area contributed by atoms with Gasteiger partial charge in [0.1, 0.15) is 11.5 Å². The molecule has 7 nitrogen and oxygen atoms in total. The van der Waals surface area contributed by atoms with Gasteiger partial charge < -0.3 is 25.1 Å². The molecule has 0 bridgehead atoms. The third-order valence-electron chi connectivity index (χ3n) is 4.95. The maximum atomic E-state index is 11.9. The lowest BCUT2D eigenvalue weighted by Gasteiger charge is -2.13. The molecule has 8 heteroatoms. The van der Waals surface area contributed by atoms with Crippen LogP contribution < -0.4 is 20.7 Å². The van der Waals surface area contributed by atoms with Crippen LogP contribution in [0.3, 0.4) is 0 Å². The third kappa shape index (κ3) is 8.80. The maximum Gasteiger partial charge on any atom is 0.251 e. The Hall–Kier alpha value is -3.01. The number of nitrogens with one attached hydrogen (secondary N) is 3. The second kappa shape index (κ2) is 14.2. The van der Waals surface area contributed by atoms with Gasteiger partial charge in [-0.1, -0.05) is 24.3 Å². The Kier molecular flexibility index (Phi) is 11.3. The molecule has 0 aliphatic carbocycles. The molecule has 1 amide bonds. The summed E-state index contributed by atoms with van der Waals surface area (Å²) in [6, 6.07) is 19.4. The van der Waals surface area contributed by atoms with Crippen LogP contribution in [0, 0.1) is 0 Å². The van der Waals surface area contributed by atoms with E-state index in [9.17, 15) is 4.79 Å². The van der Waals surface area contributed by atoms with Gasteiger partial charge in [-0.3, -0.25) is 4.79 Å². The summed E-state index contributed by atoms with van der Waals surface area (Å²) in [7, 11) is 3.29. The van der Waals surface area contributed by atoms with Gasteiger partial charge >= 0.3 is 0 Å². The Morgan fingerprint density at radius 3 is 2.39 bits per heavy atom. The van der Waals surface area contributed by atoms with Crippen molar-refractivity contribution in [2.24, 2.45) is 4.99 Å². The number of amides is 1. The summed E-state index contributed by atoms with van der Waals surface area (Å²) >= 11 is 0. The summed E-state index contributed by atoms with van der Waals surface area (Å²) in [5, 5.41) is 9.41. The molecule has 1 aromatic heterocycles. The number of halogens is 1. The number of carbonyl (C=O) groups is 1. The van der Waals surface area contributed by atoms with Crippen molar-refractivity contribution in [3.63, 3.8) is 0 Å². The first-order valence-electron chi connectivity index (χ1n) is 10.7. The van der Waals surface area contributed by atoms with Gasteiger partial charge in [0, 0.05) is 32.1 Å². The summed E-state index contributed by atoms with van der Waals surface area (Å²) < 4.78 is 10.6. The minimum absolute atomic E-state index is 0. The van der Waals surface area contributed by atoms with E-state index in [2.05, 4.69) is 16.0 Å². The van der Waals surface area contributed by atoms with Gasteiger partial charge in [-0.15, -0.1) is 24.0 Å². The largest absolute Gasteiger partial charge is 0.497 e. The van der Waals surface area contributed by atoms with E-state index in [-0.39, 0.29) is 29.9 Å². The van der Waals surface area contributed by atoms with E-state index in [0.717, 1.165) is 41.4 Å². The van der Waals surface area contributed by atoms with E-state index in [1.165, 1.54) is 0 Å². The molecule has 0 saturated heterocycles. The normalized spacial score (nSPS) is 10.8. The van der Waals surface area contributed by atoms with Crippen molar-refractivity contribution in [1.82, 2.24) is 16.0 Å². The molecule has 0 unspecified atom stereocenters. The molecule has 3 aromatic rings. The van der Waals surface area contributed by atoms with Crippen molar-refractivity contribution in [2.75, 3.05) is 27.2 Å². The Balaban J connectivity index is 0.00000385. The van der Waals surface area contributed by atoms with Crippen LogP contribution in [0.5, 0.6) is 5.75 Å². The molecular weight excluding hydrogens is 531 g/mol. The topological polar surface area (TPSA) is 87.9 Å². The average Bonchev–Trinajstić information content (AvgIpc) is 3.35. The second-order valence-corrected chi connectivity index (χ2v) is 7.23. The zero-order valence-electron chi connectivity index (χ0n) is 19.0. The lowest BCUT2D eigenvalue weighted by molar-refractivity contribution is 0.0963. The molecule has 0 atom stereocenters. The van der Waals surface area contributed by atoms with Crippen LogP contribution in [0.4, 0.5) is 0 Å². The maximum absolute atomic E-state index is 11.9. The molecule has 3 rings (SSSR count). The molecule has 0 fully saturated rings. The standard InChI is InChI=1S/C25H30N4O3.HI/c1-26-24(30)21-6-3-5-19(17-21)12-14-27-25(28-15-13-23-7-4-16-32-23)29-18-20-8-10-22(31-2)11-9-20;/h3-11,16-17H,12-15,18H2,1-2H3,(H,26,30)(H2,27,28,29);1H. The fourth-order valence-electron chi connectivity index (χ4n) is 3.17. The molecule has 33 heavy (non-hydrogen) atoms. The molecular formula is C25H31IN4O3. The summed E-state index contributed by atoms with van der Waals surface area (Å²) in [5.74, 6) is 2.40. The fourth-order valence-corrected chi connectivity index (χ4v) is 3.17. The summed E-state index contributed by atoms with van der Waals surface area (Å²) in [6.07, 6.45) is 3.22. The SMILES string of the molecule is CNC(=O)c1cccc(CCNC(=NCc2ccc(OC)cc2)NCCc2ccco2)c1.I. The van der Waals surface area contributed by atoms with Crippen LogP contribution in [0.15, 0.2) is 76.3 Å². The smallest absolute Gasteiger partial charge is 0.251 e. The number of benzene rings is 2. The van der Waals surface area contributed by atoms with E-state index in [0.29, 0.717) is 25.2 Å². The van der Waals surface area contributed by atoms with Crippen LogP contribution in [-0.2, 0) is 19.4 Å². The molecule has 176 valence electrons. The molecule has 0 spiro atoms. The predicted molar refractivity (Wildman–Crippen MR) is 142 cm³/mol. The number of guanidine groups is 1. The average molecular weight is 562 g/mol. The van der Waals surface area contributed by atoms with Crippen molar-refractivity contribution in [3.8, 4) is 5.75 Å². The molecule has 0 saturated carbocycles. The van der Waals surface area contributed by atoms with Crippen LogP contribution >= 0.6 is 24.0 Å². The number of hydrogen-bond acceptors (Lipinski definition) is 4. The van der Waals surface area contributed by atoms with Crippen LogP contribution in [0.2, 0.25) is 0 Å². The van der Waals surface area contributed by atoms with Crippen LogP contribution in [0.25, 0.3) is 0 Å². The molecule has 0 aliphatic heterocycles. The minimum atomic E-state index is -0.0823. The first kappa shape index (κ1) is 26.2. The highest BCUT2D eigenvalue weighted by Crippen LogP contribution is 2.12. The van der Waals surface area contributed by atoms with Gasteiger partial charge in [0.05, 0.1) is 19.9 Å². The predicted octanol–water partition coefficient (Wildman–Crippen LogP) is 3.79. The van der Waals surface area contributed by atoms with Gasteiger partial charge in [-0.05, 0) is 53.9 Å². The Labute approximate surface area is 212 Å². The summed E-state index contributed by atoms with van der Waals surface area (Å²) in [5.41, 5.74) is 2.84. The van der Waals surface area contributed by atoms with Gasteiger partial charge in [-0.2, -0.15) is 0 Å². The number of nitrogens with zero attached hydrogens (tertiary/aromatic N) is 1. The van der Waals surface area contributed by atoms with Crippen molar-refractivity contribution in [3.05, 3.63) is 89.4 Å². The Morgan fingerprint density at radius 2 is 1.73 bits per heavy atom. The van der Waals surface area contributed by atoms with Crippen molar-refractivity contribution < 1.29 is 13.9 Å². The number of rotatable bonds is 10. The molecule has 2 aromatic carbocycles. The fraction of sp³-hybridized carbons (Fsp3) is 0.280. The zero-order chi connectivity index (χ0) is 22.6. The van der Waals surface area contributed by atoms with Crippen LogP contribution in [0.1, 0.15) is 27.2 Å². The van der Waals surface area contributed by atoms with Crippen molar-refractivity contribution >= 4 is 35.8 Å². The lowest BCUT2D eigenvalue weighted by Crippen LogP contribution is -2.39. The second-order valence-electron chi connectivity index (χ2n) is 7.23. The van der Waals surface area contributed by atoms with Gasteiger partial charge in [0.15, 0.2) is 5.96 Å². The van der Waals surface area contributed by atoms with E-state index < -0.39 is 0 Å². The van der Waals surface area contributed by atoms with E-state index in [4.69, 9.17) is 14.1 Å². The van der Waals surface area contributed by atoms with E-state index >= 15 is 0 Å². The zero-order valence-corrected chi connectivity index (χ0v) is 21.3. The molecule has 0 aliphatic rings. The van der Waals surface area contributed by atoms with E-state index in [1.54, 1.807) is 20.4 Å². The van der Waals surface area contributed by atoms with Gasteiger partial charge in [0.25, 0.3) is 5.91 Å². The molecule has 3 N–H and O–H groups in total. The molecule has 0 radical (unpaired) electrons. The van der Waals surface area contributed by atoms with Crippen LogP contribution in [-0.4, -0.2) is 39.1 Å². The number of furan rings is 1. The minimum Gasteiger partial charge on any atom is -0.497 e. The third-order valence-corrected chi connectivity index (χ3v) is 4.95. The Morgan fingerprint density at radius 1 is 0.970 bits per heavy atom. The van der Waals surface area contributed by atoms with Gasteiger partial charge in [0.2, 0.25) is 0 Å². The summed E-state index contributed by atoms with van der Waals surface area (Å²) in [4.78, 5) is 16.6. The Bertz CT molecular complexity index is 1000. The number of carbonyl (C=O) groups excluding carboxylic acids is 1. The van der Waals surface area contributed by atoms with Gasteiger partial charge in [-0.25, -0.2) is 4.99 Å². The number of methoxy groups -OCH3 is 1. The van der Waals surface area contributed by atoms with E-state index in [1.807, 2.05) is 60.7 Å². The number of hydrogen-bond donors (Lipinski definition) is 3. The quantitative estimate of drug-likeness (QED) is 0.199. The highest BCUT2D eigenvalue weighted by molar-refractivity contribution is 14.0. The highest BCUT2D eigenvalue weighted by Gasteiger charge is 2.05. The van der Waals surface area contributed by atoms with Crippen molar-refractivity contribution in [2.45, 2.75) is 19.4 Å². The first-order chi connectivity index (χ1) is 15.7. The highest BCUT2D eigenvalue weighted by atomic mass is 127. The van der Waals surface area contributed by atoms with Crippen molar-refractivity contribution in [1.29, 1.82) is 0 Å². The first-order valence-corrected chi connectivity index (χ1v) is 10.7.